The van der Waals surface area contributed by atoms with E-state index in [0.29, 0.717) is 16.9 Å². The summed E-state index contributed by atoms with van der Waals surface area (Å²) in [6, 6.07) is 17.5. The Balaban J connectivity index is 1.70. The molecule has 164 valence electrons. The van der Waals surface area contributed by atoms with Gasteiger partial charge in [0.1, 0.15) is 11.6 Å². The third kappa shape index (κ3) is 5.74. The van der Waals surface area contributed by atoms with E-state index < -0.39 is 15.8 Å². The Morgan fingerprint density at radius 2 is 1.69 bits per heavy atom. The maximum absolute atomic E-state index is 13.1. The molecule has 0 saturated carbocycles. The van der Waals surface area contributed by atoms with E-state index in [2.05, 4.69) is 15.4 Å². The van der Waals surface area contributed by atoms with Gasteiger partial charge in [0.2, 0.25) is 5.91 Å². The highest BCUT2D eigenvalue weighted by Gasteiger charge is 2.17. The van der Waals surface area contributed by atoms with Crippen LogP contribution in [0, 0.1) is 17.1 Å². The second-order valence-corrected chi connectivity index (χ2v) is 8.25. The monoisotopic (exact) mass is 454 g/mol. The van der Waals surface area contributed by atoms with Crippen LogP contribution in [-0.2, 0) is 14.8 Å². The molecule has 32 heavy (non-hydrogen) atoms. The highest BCUT2D eigenvalue weighted by Crippen LogP contribution is 2.30. The first-order chi connectivity index (χ1) is 15.3. The topological polar surface area (TPSA) is 120 Å². The van der Waals surface area contributed by atoms with Crippen molar-refractivity contribution in [2.24, 2.45) is 0 Å². The molecule has 3 rings (SSSR count). The molecule has 0 aliphatic heterocycles. The van der Waals surface area contributed by atoms with E-state index in [4.69, 9.17) is 10.00 Å². The molecule has 10 heteroatoms. The molecular formula is C22H19FN4O4S. The van der Waals surface area contributed by atoms with E-state index in [1.807, 2.05) is 6.07 Å². The Morgan fingerprint density at radius 3 is 2.31 bits per heavy atom. The fraction of sp³-hybridized carbons (Fsp3) is 0.0909. The summed E-state index contributed by atoms with van der Waals surface area (Å²) in [7, 11) is -2.62. The van der Waals surface area contributed by atoms with Gasteiger partial charge in [0.25, 0.3) is 10.0 Å². The van der Waals surface area contributed by atoms with Gasteiger partial charge in [-0.25, -0.2) is 12.8 Å². The lowest BCUT2D eigenvalue weighted by molar-refractivity contribution is -0.114. The van der Waals surface area contributed by atoms with Crippen LogP contribution in [0.4, 0.5) is 21.5 Å². The van der Waals surface area contributed by atoms with E-state index in [9.17, 15) is 17.6 Å². The predicted octanol–water partition coefficient (Wildman–Crippen LogP) is 3.56. The Kier molecular flexibility index (Phi) is 6.92. The zero-order valence-corrected chi connectivity index (χ0v) is 17.7. The standard InChI is InChI=1S/C22H19FN4O4S/c1-31-21-11-8-18(26-22(28)14-25-17-6-2-15(13-24)3-7-17)12-20(21)27-32(29,30)19-9-4-16(23)5-10-19/h2-12,25,27H,14H2,1H3,(H,26,28). The number of sulfonamides is 1. The molecule has 0 unspecified atom stereocenters. The Bertz CT molecular complexity index is 1250. The smallest absolute Gasteiger partial charge is 0.262 e. The molecule has 3 aromatic carbocycles. The van der Waals surface area contributed by atoms with E-state index in [-0.39, 0.29) is 28.8 Å². The molecule has 0 fully saturated rings. The zero-order valence-electron chi connectivity index (χ0n) is 16.9. The van der Waals surface area contributed by atoms with Crippen molar-refractivity contribution < 1.29 is 22.3 Å². The lowest BCUT2D eigenvalue weighted by atomic mass is 10.2. The van der Waals surface area contributed by atoms with Gasteiger partial charge >= 0.3 is 0 Å². The number of anilines is 3. The van der Waals surface area contributed by atoms with Gasteiger partial charge < -0.3 is 15.4 Å². The molecule has 0 bridgehead atoms. The molecule has 0 radical (unpaired) electrons. The van der Waals surface area contributed by atoms with Gasteiger partial charge in [-0.05, 0) is 66.7 Å². The first kappa shape index (κ1) is 22.6. The van der Waals surface area contributed by atoms with E-state index in [1.54, 1.807) is 30.3 Å². The summed E-state index contributed by atoms with van der Waals surface area (Å²) in [4.78, 5) is 12.2. The SMILES string of the molecule is COc1ccc(NC(=O)CNc2ccc(C#N)cc2)cc1NS(=O)(=O)c1ccc(F)cc1. The average Bonchev–Trinajstić information content (AvgIpc) is 2.78. The number of nitrogens with zero attached hydrogens (tertiary/aromatic N) is 1. The van der Waals surface area contributed by atoms with Crippen molar-refractivity contribution in [3.63, 3.8) is 0 Å². The van der Waals surface area contributed by atoms with Crippen LogP contribution in [0.15, 0.2) is 71.6 Å². The number of nitrogens with one attached hydrogen (secondary N) is 3. The third-order valence-electron chi connectivity index (χ3n) is 4.32. The molecular weight excluding hydrogens is 435 g/mol. The summed E-state index contributed by atoms with van der Waals surface area (Å²) < 4.78 is 45.9. The van der Waals surface area contributed by atoms with Gasteiger partial charge in [-0.2, -0.15) is 5.26 Å². The molecule has 0 spiro atoms. The number of hydrogen-bond acceptors (Lipinski definition) is 6. The number of benzene rings is 3. The predicted molar refractivity (Wildman–Crippen MR) is 118 cm³/mol. The van der Waals surface area contributed by atoms with Crippen LogP contribution in [0.25, 0.3) is 0 Å². The largest absolute Gasteiger partial charge is 0.495 e. The molecule has 0 aliphatic carbocycles. The highest BCUT2D eigenvalue weighted by atomic mass is 32.2. The van der Waals surface area contributed by atoms with Gasteiger partial charge in [0.15, 0.2) is 0 Å². The minimum absolute atomic E-state index is 0.0471. The number of ether oxygens (including phenoxy) is 1. The van der Waals surface area contributed by atoms with Crippen molar-refractivity contribution in [1.29, 1.82) is 5.26 Å². The van der Waals surface area contributed by atoms with Gasteiger partial charge in [-0.15, -0.1) is 0 Å². The van der Waals surface area contributed by atoms with Crippen LogP contribution >= 0.6 is 0 Å². The first-order valence-corrected chi connectivity index (χ1v) is 10.8. The Hall–Kier alpha value is -4.10. The number of carbonyl (C=O) groups excluding carboxylic acids is 1. The summed E-state index contributed by atoms with van der Waals surface area (Å²) in [5.41, 5.74) is 1.62. The van der Waals surface area contributed by atoms with E-state index >= 15 is 0 Å². The average molecular weight is 454 g/mol. The number of carbonyl (C=O) groups is 1. The molecule has 0 saturated heterocycles. The lowest BCUT2D eigenvalue weighted by Gasteiger charge is -2.14. The molecule has 3 aromatic rings. The number of amides is 1. The molecule has 1 amide bonds. The molecule has 0 aromatic heterocycles. The fourth-order valence-corrected chi connectivity index (χ4v) is 3.79. The van der Waals surface area contributed by atoms with Crippen molar-refractivity contribution in [2.75, 3.05) is 29.0 Å². The van der Waals surface area contributed by atoms with Crippen LogP contribution in [-0.4, -0.2) is 28.0 Å². The summed E-state index contributed by atoms with van der Waals surface area (Å²) >= 11 is 0. The second-order valence-electron chi connectivity index (χ2n) is 6.57. The van der Waals surface area contributed by atoms with Crippen molar-refractivity contribution in [3.05, 3.63) is 78.1 Å². The van der Waals surface area contributed by atoms with Crippen LogP contribution in [0.5, 0.6) is 5.75 Å². The summed E-state index contributed by atoms with van der Waals surface area (Å²) in [5.74, 6) is -0.683. The van der Waals surface area contributed by atoms with Crippen LogP contribution in [0.1, 0.15) is 5.56 Å². The van der Waals surface area contributed by atoms with E-state index in [0.717, 1.165) is 24.3 Å². The van der Waals surface area contributed by atoms with Crippen molar-refractivity contribution in [3.8, 4) is 11.8 Å². The minimum atomic E-state index is -4.00. The maximum atomic E-state index is 13.1. The van der Waals surface area contributed by atoms with E-state index in [1.165, 1.54) is 19.2 Å². The summed E-state index contributed by atoms with van der Waals surface area (Å²) in [6.07, 6.45) is 0. The lowest BCUT2D eigenvalue weighted by Crippen LogP contribution is -2.22. The summed E-state index contributed by atoms with van der Waals surface area (Å²) in [5, 5.41) is 14.4. The van der Waals surface area contributed by atoms with Crippen LogP contribution in [0.3, 0.4) is 0 Å². The molecule has 8 nitrogen and oxygen atoms in total. The number of methoxy groups -OCH3 is 1. The van der Waals surface area contributed by atoms with Gasteiger partial charge in [-0.3, -0.25) is 9.52 Å². The van der Waals surface area contributed by atoms with Crippen LogP contribution in [0.2, 0.25) is 0 Å². The van der Waals surface area contributed by atoms with Gasteiger partial charge in [0.05, 0.1) is 35.9 Å². The van der Waals surface area contributed by atoms with Crippen molar-refractivity contribution in [2.45, 2.75) is 4.90 Å². The second kappa shape index (κ2) is 9.80. The maximum Gasteiger partial charge on any atom is 0.262 e. The Morgan fingerprint density at radius 1 is 1.03 bits per heavy atom. The molecule has 3 N–H and O–H groups in total. The van der Waals surface area contributed by atoms with Crippen molar-refractivity contribution in [1.82, 2.24) is 0 Å². The zero-order chi connectivity index (χ0) is 23.1. The Labute approximate surface area is 184 Å². The number of hydrogen-bond donors (Lipinski definition) is 3. The number of rotatable bonds is 8. The summed E-state index contributed by atoms with van der Waals surface area (Å²) in [6.45, 7) is -0.0471. The highest BCUT2D eigenvalue weighted by molar-refractivity contribution is 7.92. The molecule has 0 atom stereocenters. The molecule has 0 aliphatic rings. The van der Waals surface area contributed by atoms with Crippen molar-refractivity contribution >= 4 is 33.0 Å². The quantitative estimate of drug-likeness (QED) is 0.479. The van der Waals surface area contributed by atoms with Gasteiger partial charge in [0, 0.05) is 11.4 Å². The number of nitriles is 1. The fourth-order valence-electron chi connectivity index (χ4n) is 2.73. The first-order valence-electron chi connectivity index (χ1n) is 9.31. The minimum Gasteiger partial charge on any atom is -0.495 e. The third-order valence-corrected chi connectivity index (χ3v) is 5.70. The molecule has 0 heterocycles. The van der Waals surface area contributed by atoms with Crippen LogP contribution < -0.4 is 20.1 Å². The normalized spacial score (nSPS) is 10.7. The number of halogens is 1. The van der Waals surface area contributed by atoms with Gasteiger partial charge in [-0.1, -0.05) is 0 Å².